The highest BCUT2D eigenvalue weighted by Gasteiger charge is 2.21. The lowest BCUT2D eigenvalue weighted by molar-refractivity contribution is 0.0963. The molecule has 9 nitrogen and oxygen atoms in total. The summed E-state index contributed by atoms with van der Waals surface area (Å²) in [7, 11) is 4.37. The van der Waals surface area contributed by atoms with Crippen LogP contribution in [0.15, 0.2) is 48.8 Å². The molecule has 3 rings (SSSR count). The lowest BCUT2D eigenvalue weighted by Crippen LogP contribution is -2.22. The number of pyridine rings is 2. The first kappa shape index (κ1) is 22.6. The van der Waals surface area contributed by atoms with Crippen molar-refractivity contribution in [3.63, 3.8) is 0 Å². The largest absolute Gasteiger partial charge is 0.496 e. The van der Waals surface area contributed by atoms with Gasteiger partial charge in [0.05, 0.1) is 25.0 Å². The molecule has 0 saturated carbocycles. The van der Waals surface area contributed by atoms with Gasteiger partial charge in [0, 0.05) is 32.6 Å². The first-order valence-corrected chi connectivity index (χ1v) is 9.53. The van der Waals surface area contributed by atoms with Crippen LogP contribution in [0.3, 0.4) is 0 Å². The summed E-state index contributed by atoms with van der Waals surface area (Å²) < 4.78 is 24.5. The normalized spacial score (nSPS) is 10.4. The Kier molecular flexibility index (Phi) is 7.29. The number of aromatic nitrogens is 2. The van der Waals surface area contributed by atoms with E-state index in [-0.39, 0.29) is 22.6 Å². The standard InChI is InChI=1S/C22H22FN5O4/c1-24-21(29)14-11-26-19(28-18-9-13(12-31-2)7-8-25-18)10-16(14)27-22(30)20-15(23)5-4-6-17(20)32-3/h4-11H,12H2,1-3H3,(H,24,29)(H2,25,26,27,28,30). The number of hydrogen-bond acceptors (Lipinski definition) is 7. The van der Waals surface area contributed by atoms with Crippen LogP contribution in [-0.4, -0.2) is 43.0 Å². The van der Waals surface area contributed by atoms with Gasteiger partial charge in [0.1, 0.15) is 28.8 Å². The Hall–Kier alpha value is -4.05. The summed E-state index contributed by atoms with van der Waals surface area (Å²) in [6.07, 6.45) is 2.91. The quantitative estimate of drug-likeness (QED) is 0.494. The fourth-order valence-electron chi connectivity index (χ4n) is 2.95. The molecular weight excluding hydrogens is 417 g/mol. The number of nitrogens with zero attached hydrogens (tertiary/aromatic N) is 2. The number of carbonyl (C=O) groups is 2. The summed E-state index contributed by atoms with van der Waals surface area (Å²) in [5, 5.41) is 8.07. The highest BCUT2D eigenvalue weighted by atomic mass is 19.1. The van der Waals surface area contributed by atoms with Crippen LogP contribution in [0.4, 0.5) is 21.7 Å². The molecule has 0 atom stereocenters. The van der Waals surface area contributed by atoms with Crippen molar-refractivity contribution >= 4 is 29.1 Å². The third-order valence-electron chi connectivity index (χ3n) is 4.44. The molecule has 3 aromatic rings. The zero-order valence-electron chi connectivity index (χ0n) is 17.7. The van der Waals surface area contributed by atoms with E-state index in [1.807, 2.05) is 6.07 Å². The molecule has 1 aromatic carbocycles. The van der Waals surface area contributed by atoms with E-state index >= 15 is 0 Å². The Morgan fingerprint density at radius 2 is 1.84 bits per heavy atom. The first-order chi connectivity index (χ1) is 15.5. The molecule has 0 fully saturated rings. The van der Waals surface area contributed by atoms with E-state index in [1.54, 1.807) is 19.4 Å². The van der Waals surface area contributed by atoms with Crippen LogP contribution in [0.1, 0.15) is 26.3 Å². The molecule has 0 aliphatic carbocycles. The zero-order chi connectivity index (χ0) is 23.1. The van der Waals surface area contributed by atoms with Gasteiger partial charge in [-0.1, -0.05) is 6.07 Å². The highest BCUT2D eigenvalue weighted by Crippen LogP contribution is 2.26. The van der Waals surface area contributed by atoms with Crippen molar-refractivity contribution in [3.05, 3.63) is 71.3 Å². The fraction of sp³-hybridized carbons (Fsp3) is 0.182. The van der Waals surface area contributed by atoms with Gasteiger partial charge in [0.2, 0.25) is 0 Å². The number of benzene rings is 1. The minimum Gasteiger partial charge on any atom is -0.496 e. The average Bonchev–Trinajstić information content (AvgIpc) is 2.79. The Morgan fingerprint density at radius 1 is 1.06 bits per heavy atom. The summed E-state index contributed by atoms with van der Waals surface area (Å²) in [6.45, 7) is 0.409. The van der Waals surface area contributed by atoms with Gasteiger partial charge >= 0.3 is 0 Å². The topological polar surface area (TPSA) is 114 Å². The number of hydrogen-bond donors (Lipinski definition) is 3. The molecule has 10 heteroatoms. The maximum Gasteiger partial charge on any atom is 0.262 e. The second-order valence-electron chi connectivity index (χ2n) is 6.57. The maximum absolute atomic E-state index is 14.3. The molecule has 0 aliphatic heterocycles. The molecule has 0 spiro atoms. The Morgan fingerprint density at radius 3 is 2.56 bits per heavy atom. The van der Waals surface area contributed by atoms with Crippen LogP contribution in [0.25, 0.3) is 0 Å². The van der Waals surface area contributed by atoms with Gasteiger partial charge in [-0.3, -0.25) is 9.59 Å². The van der Waals surface area contributed by atoms with E-state index < -0.39 is 17.6 Å². The number of methoxy groups -OCH3 is 2. The lowest BCUT2D eigenvalue weighted by Gasteiger charge is -2.14. The number of halogens is 1. The molecular formula is C22H22FN5O4. The number of ether oxygens (including phenoxy) is 2. The van der Waals surface area contributed by atoms with Gasteiger partial charge in [0.25, 0.3) is 11.8 Å². The van der Waals surface area contributed by atoms with Gasteiger partial charge in [0.15, 0.2) is 0 Å². The summed E-state index contributed by atoms with van der Waals surface area (Å²) in [4.78, 5) is 33.6. The molecule has 2 amide bonds. The predicted octanol–water partition coefficient (Wildman–Crippen LogP) is 3.13. The molecule has 0 radical (unpaired) electrons. The second-order valence-corrected chi connectivity index (χ2v) is 6.57. The van der Waals surface area contributed by atoms with E-state index in [1.165, 1.54) is 38.6 Å². The summed E-state index contributed by atoms with van der Waals surface area (Å²) >= 11 is 0. The number of amides is 2. The molecule has 0 unspecified atom stereocenters. The van der Waals surface area contributed by atoms with Crippen molar-refractivity contribution in [2.75, 3.05) is 31.9 Å². The van der Waals surface area contributed by atoms with Gasteiger partial charge in [-0.2, -0.15) is 0 Å². The Bertz CT molecular complexity index is 1140. The van der Waals surface area contributed by atoms with E-state index in [4.69, 9.17) is 9.47 Å². The number of carbonyl (C=O) groups excluding carboxylic acids is 2. The van der Waals surface area contributed by atoms with E-state index in [0.717, 1.165) is 11.6 Å². The average molecular weight is 439 g/mol. The lowest BCUT2D eigenvalue weighted by atomic mass is 10.1. The SMILES string of the molecule is CNC(=O)c1cnc(Nc2cc(COC)ccn2)cc1NC(=O)c1c(F)cccc1OC. The highest BCUT2D eigenvalue weighted by molar-refractivity contribution is 6.10. The maximum atomic E-state index is 14.3. The van der Waals surface area contributed by atoms with Gasteiger partial charge in [-0.05, 0) is 29.8 Å². The van der Waals surface area contributed by atoms with E-state index in [2.05, 4.69) is 25.9 Å². The third-order valence-corrected chi connectivity index (χ3v) is 4.44. The number of anilines is 3. The molecule has 3 N–H and O–H groups in total. The van der Waals surface area contributed by atoms with Crippen molar-refractivity contribution in [2.24, 2.45) is 0 Å². The monoisotopic (exact) mass is 439 g/mol. The Balaban J connectivity index is 1.94. The van der Waals surface area contributed by atoms with E-state index in [9.17, 15) is 14.0 Å². The minimum atomic E-state index is -0.775. The smallest absolute Gasteiger partial charge is 0.262 e. The van der Waals surface area contributed by atoms with Crippen molar-refractivity contribution in [3.8, 4) is 5.75 Å². The van der Waals surface area contributed by atoms with Crippen molar-refractivity contribution in [1.82, 2.24) is 15.3 Å². The molecule has 2 aromatic heterocycles. The van der Waals surface area contributed by atoms with Crippen LogP contribution in [-0.2, 0) is 11.3 Å². The second kappa shape index (κ2) is 10.3. The van der Waals surface area contributed by atoms with Crippen molar-refractivity contribution in [1.29, 1.82) is 0 Å². The van der Waals surface area contributed by atoms with E-state index in [0.29, 0.717) is 18.2 Å². The zero-order valence-corrected chi connectivity index (χ0v) is 17.7. The summed E-state index contributed by atoms with van der Waals surface area (Å²) in [6, 6.07) is 9.09. The summed E-state index contributed by atoms with van der Waals surface area (Å²) in [5.74, 6) is -1.13. The summed E-state index contributed by atoms with van der Waals surface area (Å²) in [5.41, 5.74) is 0.846. The van der Waals surface area contributed by atoms with Gasteiger partial charge in [-0.15, -0.1) is 0 Å². The Labute approximate surface area is 184 Å². The van der Waals surface area contributed by atoms with Crippen LogP contribution in [0.5, 0.6) is 5.75 Å². The number of rotatable bonds is 8. The molecule has 166 valence electrons. The molecule has 32 heavy (non-hydrogen) atoms. The fourth-order valence-corrected chi connectivity index (χ4v) is 2.95. The minimum absolute atomic E-state index is 0.0653. The van der Waals surface area contributed by atoms with Crippen LogP contribution in [0.2, 0.25) is 0 Å². The van der Waals surface area contributed by atoms with Gasteiger partial charge in [-0.25, -0.2) is 14.4 Å². The molecule has 0 aliphatic rings. The first-order valence-electron chi connectivity index (χ1n) is 9.53. The number of nitrogens with one attached hydrogen (secondary N) is 3. The van der Waals surface area contributed by atoms with Crippen LogP contribution in [0, 0.1) is 5.82 Å². The van der Waals surface area contributed by atoms with Crippen molar-refractivity contribution < 1.29 is 23.5 Å². The predicted molar refractivity (Wildman–Crippen MR) is 117 cm³/mol. The molecule has 2 heterocycles. The van der Waals surface area contributed by atoms with Crippen molar-refractivity contribution in [2.45, 2.75) is 6.61 Å². The van der Waals surface area contributed by atoms with Crippen LogP contribution < -0.4 is 20.7 Å². The van der Waals surface area contributed by atoms with Gasteiger partial charge < -0.3 is 25.4 Å². The molecule has 0 saturated heterocycles. The van der Waals surface area contributed by atoms with Crippen LogP contribution >= 0.6 is 0 Å². The third kappa shape index (κ3) is 5.16. The molecule has 0 bridgehead atoms.